The highest BCUT2D eigenvalue weighted by Gasteiger charge is 2.14. The lowest BCUT2D eigenvalue weighted by Gasteiger charge is -2.21. The number of nitrogens with zero attached hydrogens (tertiary/aromatic N) is 2. The van der Waals surface area contributed by atoms with Crippen molar-refractivity contribution in [3.8, 4) is 0 Å². The lowest BCUT2D eigenvalue weighted by atomic mass is 10.3. The van der Waals surface area contributed by atoms with Crippen LogP contribution in [0.1, 0.15) is 0 Å². The molecule has 0 heterocycles. The van der Waals surface area contributed by atoms with E-state index in [0.29, 0.717) is 13.1 Å². The molecule has 0 atom stereocenters. The third-order valence-corrected chi connectivity index (χ3v) is 3.37. The van der Waals surface area contributed by atoms with Crippen molar-refractivity contribution < 1.29 is 14.7 Å². The quantitative estimate of drug-likeness (QED) is 0.636. The largest absolute Gasteiger partial charge is 0.480 e. The average Bonchev–Trinajstić information content (AvgIpc) is 2.35. The molecule has 0 aromatic heterocycles. The first-order valence-corrected chi connectivity index (χ1v) is 7.59. The van der Waals surface area contributed by atoms with E-state index in [4.69, 9.17) is 5.11 Å². The van der Waals surface area contributed by atoms with E-state index in [0.717, 1.165) is 9.26 Å². The highest BCUT2D eigenvalue weighted by molar-refractivity contribution is 14.1. The molecule has 21 heavy (non-hydrogen) atoms. The Morgan fingerprint density at radius 3 is 2.52 bits per heavy atom. The van der Waals surface area contributed by atoms with Gasteiger partial charge < -0.3 is 15.3 Å². The van der Waals surface area contributed by atoms with Gasteiger partial charge in [0.05, 0.1) is 13.1 Å². The summed E-state index contributed by atoms with van der Waals surface area (Å²) >= 11 is 2.17. The number of carboxylic acids is 1. The molecular formula is C14H20IN3O3. The van der Waals surface area contributed by atoms with Crippen LogP contribution in [0, 0.1) is 3.57 Å². The van der Waals surface area contributed by atoms with E-state index in [-0.39, 0.29) is 19.0 Å². The molecule has 116 valence electrons. The van der Waals surface area contributed by atoms with Crippen LogP contribution in [0.3, 0.4) is 0 Å². The Morgan fingerprint density at radius 1 is 1.24 bits per heavy atom. The van der Waals surface area contributed by atoms with Crippen molar-refractivity contribution in [1.82, 2.24) is 9.80 Å². The van der Waals surface area contributed by atoms with Crippen LogP contribution >= 0.6 is 22.6 Å². The minimum absolute atomic E-state index is 0.0611. The van der Waals surface area contributed by atoms with Crippen molar-refractivity contribution in [3.63, 3.8) is 0 Å². The number of carbonyl (C=O) groups excluding carboxylic acids is 1. The first kappa shape index (κ1) is 17.9. The van der Waals surface area contributed by atoms with Crippen LogP contribution in [0.4, 0.5) is 5.69 Å². The number of hydrogen-bond acceptors (Lipinski definition) is 4. The molecule has 0 unspecified atom stereocenters. The smallest absolute Gasteiger partial charge is 0.317 e. The van der Waals surface area contributed by atoms with Crippen LogP contribution in [0.25, 0.3) is 0 Å². The maximum absolute atomic E-state index is 12.0. The predicted octanol–water partition coefficient (Wildman–Crippen LogP) is 1.18. The van der Waals surface area contributed by atoms with E-state index < -0.39 is 5.97 Å². The first-order valence-electron chi connectivity index (χ1n) is 6.51. The monoisotopic (exact) mass is 405 g/mol. The summed E-state index contributed by atoms with van der Waals surface area (Å²) in [6, 6.07) is 7.46. The van der Waals surface area contributed by atoms with E-state index in [9.17, 15) is 9.59 Å². The van der Waals surface area contributed by atoms with Gasteiger partial charge in [-0.25, -0.2) is 0 Å². The van der Waals surface area contributed by atoms with Gasteiger partial charge in [0.25, 0.3) is 0 Å². The minimum Gasteiger partial charge on any atom is -0.480 e. The van der Waals surface area contributed by atoms with Crippen molar-refractivity contribution in [1.29, 1.82) is 0 Å². The summed E-state index contributed by atoms with van der Waals surface area (Å²) in [5.74, 6) is -1.15. The van der Waals surface area contributed by atoms with Gasteiger partial charge in [-0.15, -0.1) is 0 Å². The fraction of sp³-hybridized carbons (Fsp3) is 0.429. The molecule has 1 amide bonds. The minimum atomic E-state index is -0.934. The third-order valence-electron chi connectivity index (χ3n) is 2.70. The molecule has 0 aliphatic carbocycles. The Labute approximate surface area is 138 Å². The second kappa shape index (κ2) is 8.96. The Kier molecular flexibility index (Phi) is 7.62. The van der Waals surface area contributed by atoms with Gasteiger partial charge >= 0.3 is 5.97 Å². The highest BCUT2D eigenvalue weighted by Crippen LogP contribution is 2.12. The van der Waals surface area contributed by atoms with Gasteiger partial charge in [-0.05, 0) is 54.9 Å². The van der Waals surface area contributed by atoms with E-state index in [1.807, 2.05) is 37.2 Å². The van der Waals surface area contributed by atoms with E-state index in [1.54, 1.807) is 11.0 Å². The molecule has 0 saturated heterocycles. The number of carbonyl (C=O) groups is 2. The molecule has 7 heteroatoms. The number of aliphatic carboxylic acids is 1. The van der Waals surface area contributed by atoms with Crippen molar-refractivity contribution in [2.24, 2.45) is 0 Å². The molecule has 6 nitrogen and oxygen atoms in total. The van der Waals surface area contributed by atoms with Crippen molar-refractivity contribution in [3.05, 3.63) is 27.8 Å². The topological polar surface area (TPSA) is 72.9 Å². The normalized spacial score (nSPS) is 10.9. The summed E-state index contributed by atoms with van der Waals surface area (Å²) in [6.45, 7) is 1.14. The van der Waals surface area contributed by atoms with Crippen LogP contribution < -0.4 is 5.32 Å². The number of halogens is 1. The molecular weight excluding hydrogens is 385 g/mol. The second-order valence-electron chi connectivity index (χ2n) is 4.97. The molecule has 0 spiro atoms. The van der Waals surface area contributed by atoms with Crippen LogP contribution in [0.15, 0.2) is 24.3 Å². The number of amides is 1. The molecule has 0 radical (unpaired) electrons. The van der Waals surface area contributed by atoms with Crippen LogP contribution in [0.2, 0.25) is 0 Å². The van der Waals surface area contributed by atoms with Gasteiger partial charge in [0.1, 0.15) is 0 Å². The summed E-state index contributed by atoms with van der Waals surface area (Å²) in [4.78, 5) is 26.4. The molecule has 2 N–H and O–H groups in total. The van der Waals surface area contributed by atoms with Gasteiger partial charge in [0.2, 0.25) is 5.91 Å². The van der Waals surface area contributed by atoms with Gasteiger partial charge in [0, 0.05) is 22.3 Å². The lowest BCUT2D eigenvalue weighted by molar-refractivity contribution is -0.138. The van der Waals surface area contributed by atoms with E-state index in [2.05, 4.69) is 27.9 Å². The SMILES string of the molecule is CN(C)CCN(CC(=O)O)CC(=O)Nc1cccc(I)c1. The summed E-state index contributed by atoms with van der Waals surface area (Å²) in [7, 11) is 3.82. The molecule has 0 bridgehead atoms. The molecule has 0 aliphatic heterocycles. The number of carboxylic acid groups (broad SMARTS) is 1. The van der Waals surface area contributed by atoms with Gasteiger partial charge in [0.15, 0.2) is 0 Å². The van der Waals surface area contributed by atoms with Crippen molar-refractivity contribution in [2.75, 3.05) is 45.6 Å². The summed E-state index contributed by atoms with van der Waals surface area (Å²) in [6.07, 6.45) is 0. The number of likely N-dealkylation sites (N-methyl/N-ethyl adjacent to an activating group) is 1. The third kappa shape index (κ3) is 7.98. The first-order chi connectivity index (χ1) is 9.86. The molecule has 0 aliphatic rings. The molecule has 0 saturated carbocycles. The zero-order valence-corrected chi connectivity index (χ0v) is 14.3. The zero-order valence-electron chi connectivity index (χ0n) is 12.2. The van der Waals surface area contributed by atoms with E-state index in [1.165, 1.54) is 0 Å². The second-order valence-corrected chi connectivity index (χ2v) is 6.21. The van der Waals surface area contributed by atoms with Gasteiger partial charge in [-0.1, -0.05) is 6.07 Å². The fourth-order valence-electron chi connectivity index (χ4n) is 1.72. The predicted molar refractivity (Wildman–Crippen MR) is 90.4 cm³/mol. The fourth-order valence-corrected chi connectivity index (χ4v) is 2.26. The van der Waals surface area contributed by atoms with Gasteiger partial charge in [-0.2, -0.15) is 0 Å². The standard InChI is InChI=1S/C14H20IN3O3/c1-17(2)6-7-18(10-14(20)21)9-13(19)16-12-5-3-4-11(15)8-12/h3-5,8H,6-7,9-10H2,1-2H3,(H,16,19)(H,20,21). The van der Waals surface area contributed by atoms with Crippen LogP contribution in [-0.4, -0.2) is 67.1 Å². The number of nitrogens with one attached hydrogen (secondary N) is 1. The highest BCUT2D eigenvalue weighted by atomic mass is 127. The Balaban J connectivity index is 2.56. The van der Waals surface area contributed by atoms with Crippen LogP contribution in [-0.2, 0) is 9.59 Å². The Bertz CT molecular complexity index is 494. The lowest BCUT2D eigenvalue weighted by Crippen LogP contribution is -2.40. The van der Waals surface area contributed by atoms with E-state index >= 15 is 0 Å². The maximum Gasteiger partial charge on any atom is 0.317 e. The van der Waals surface area contributed by atoms with Crippen LogP contribution in [0.5, 0.6) is 0 Å². The summed E-state index contributed by atoms with van der Waals surface area (Å²) in [5, 5.41) is 11.7. The molecule has 1 aromatic carbocycles. The maximum atomic E-state index is 12.0. The number of rotatable bonds is 8. The summed E-state index contributed by atoms with van der Waals surface area (Å²) < 4.78 is 1.03. The Morgan fingerprint density at radius 2 is 1.95 bits per heavy atom. The number of hydrogen-bond donors (Lipinski definition) is 2. The number of anilines is 1. The zero-order chi connectivity index (χ0) is 15.8. The summed E-state index contributed by atoms with van der Waals surface area (Å²) in [5.41, 5.74) is 0.717. The van der Waals surface area contributed by atoms with Gasteiger partial charge in [-0.3, -0.25) is 14.5 Å². The molecule has 0 fully saturated rings. The molecule has 1 rings (SSSR count). The number of benzene rings is 1. The molecule has 1 aromatic rings. The Hall–Kier alpha value is -1.19. The van der Waals surface area contributed by atoms with Crippen molar-refractivity contribution >= 4 is 40.2 Å². The van der Waals surface area contributed by atoms with Crippen molar-refractivity contribution in [2.45, 2.75) is 0 Å². The average molecular weight is 405 g/mol.